The monoisotopic (exact) mass is 276 g/mol. The first-order valence-corrected chi connectivity index (χ1v) is 6.99. The molecule has 19 heavy (non-hydrogen) atoms. The van der Waals surface area contributed by atoms with Gasteiger partial charge in [0.25, 0.3) is 0 Å². The molecule has 1 aromatic heterocycles. The van der Waals surface area contributed by atoms with Crippen LogP contribution in [0, 0.1) is 0 Å². The number of rotatable bonds is 3. The molecule has 0 spiro atoms. The highest BCUT2D eigenvalue weighted by Crippen LogP contribution is 2.18. The van der Waals surface area contributed by atoms with Crippen LogP contribution in [0.15, 0.2) is 63.7 Å². The Balaban J connectivity index is 2.43. The quantitative estimate of drug-likeness (QED) is 0.529. The van der Waals surface area contributed by atoms with Gasteiger partial charge in [-0.15, -0.1) is 0 Å². The minimum absolute atomic E-state index is 0.0341. The van der Waals surface area contributed by atoms with Gasteiger partial charge in [-0.1, -0.05) is 23.4 Å². The van der Waals surface area contributed by atoms with E-state index in [4.69, 9.17) is 5.21 Å². The van der Waals surface area contributed by atoms with Gasteiger partial charge in [0.05, 0.1) is 10.6 Å². The molecule has 0 radical (unpaired) electrons. The van der Waals surface area contributed by atoms with Crippen LogP contribution in [0.4, 0.5) is 0 Å². The van der Waals surface area contributed by atoms with Crippen LogP contribution in [0.25, 0.3) is 0 Å². The lowest BCUT2D eigenvalue weighted by atomic mass is 10.2. The van der Waals surface area contributed by atoms with Crippen molar-refractivity contribution in [2.75, 3.05) is 0 Å². The predicted molar refractivity (Wildman–Crippen MR) is 70.1 cm³/mol. The van der Waals surface area contributed by atoms with E-state index < -0.39 is 9.84 Å². The Bertz CT molecular complexity index is 692. The normalized spacial score (nSPS) is 12.4. The minimum atomic E-state index is -3.60. The number of aromatic nitrogens is 1. The van der Waals surface area contributed by atoms with E-state index >= 15 is 0 Å². The van der Waals surface area contributed by atoms with Crippen LogP contribution in [0.1, 0.15) is 12.5 Å². The first-order chi connectivity index (χ1) is 9.05. The van der Waals surface area contributed by atoms with Crippen molar-refractivity contribution < 1.29 is 13.6 Å². The molecular formula is C13H12N2O3S. The summed E-state index contributed by atoms with van der Waals surface area (Å²) in [7, 11) is -3.60. The Labute approximate surface area is 111 Å². The molecule has 0 atom stereocenters. The molecule has 0 amide bonds. The Morgan fingerprint density at radius 1 is 1.16 bits per heavy atom. The Kier molecular flexibility index (Phi) is 3.62. The summed E-state index contributed by atoms with van der Waals surface area (Å²) in [6.45, 7) is 1.60. The molecule has 2 rings (SSSR count). The van der Waals surface area contributed by atoms with Gasteiger partial charge in [0.15, 0.2) is 5.03 Å². The maximum Gasteiger partial charge on any atom is 0.223 e. The van der Waals surface area contributed by atoms with Crippen LogP contribution < -0.4 is 0 Å². The van der Waals surface area contributed by atoms with Gasteiger partial charge in [-0.3, -0.25) is 0 Å². The van der Waals surface area contributed by atoms with Gasteiger partial charge in [-0.05, 0) is 31.2 Å². The summed E-state index contributed by atoms with van der Waals surface area (Å²) in [4.78, 5) is 4.11. The van der Waals surface area contributed by atoms with Gasteiger partial charge in [0.1, 0.15) is 0 Å². The van der Waals surface area contributed by atoms with Crippen molar-refractivity contribution in [2.24, 2.45) is 5.16 Å². The maximum absolute atomic E-state index is 12.2. The average Bonchev–Trinajstić information content (AvgIpc) is 2.47. The molecule has 0 aliphatic heterocycles. The Hall–Kier alpha value is -2.21. The second kappa shape index (κ2) is 5.19. The van der Waals surface area contributed by atoms with Crippen LogP contribution in [0.5, 0.6) is 0 Å². The van der Waals surface area contributed by atoms with Gasteiger partial charge in [-0.25, -0.2) is 13.4 Å². The third-order valence-electron chi connectivity index (χ3n) is 2.63. The van der Waals surface area contributed by atoms with Crippen molar-refractivity contribution in [2.45, 2.75) is 16.8 Å². The molecule has 5 nitrogen and oxygen atoms in total. The zero-order valence-electron chi connectivity index (χ0n) is 10.2. The van der Waals surface area contributed by atoms with Gasteiger partial charge in [-0.2, -0.15) is 0 Å². The molecule has 1 aromatic carbocycles. The zero-order chi connectivity index (χ0) is 13.9. The molecule has 1 N–H and O–H groups in total. The van der Waals surface area contributed by atoms with E-state index in [1.807, 2.05) is 0 Å². The third kappa shape index (κ3) is 2.63. The summed E-state index contributed by atoms with van der Waals surface area (Å²) >= 11 is 0. The van der Waals surface area contributed by atoms with Crippen molar-refractivity contribution in [3.8, 4) is 0 Å². The fourth-order valence-electron chi connectivity index (χ4n) is 1.53. The third-order valence-corrected chi connectivity index (χ3v) is 4.32. The summed E-state index contributed by atoms with van der Waals surface area (Å²) in [5.74, 6) is 0. The molecule has 0 aliphatic rings. The molecule has 0 fully saturated rings. The second-order valence-electron chi connectivity index (χ2n) is 3.89. The smallest absolute Gasteiger partial charge is 0.223 e. The summed E-state index contributed by atoms with van der Waals surface area (Å²) in [5.41, 5.74) is 0.936. The van der Waals surface area contributed by atoms with E-state index in [2.05, 4.69) is 10.1 Å². The summed E-state index contributed by atoms with van der Waals surface area (Å²) < 4.78 is 24.5. The van der Waals surface area contributed by atoms with Crippen LogP contribution in [-0.4, -0.2) is 24.3 Å². The first-order valence-electron chi connectivity index (χ1n) is 5.51. The largest absolute Gasteiger partial charge is 0.411 e. The highest BCUT2D eigenvalue weighted by atomic mass is 32.2. The molecule has 0 aliphatic carbocycles. The van der Waals surface area contributed by atoms with E-state index in [1.54, 1.807) is 31.2 Å². The molecule has 6 heteroatoms. The lowest BCUT2D eigenvalue weighted by Gasteiger charge is -2.04. The van der Waals surface area contributed by atoms with Gasteiger partial charge >= 0.3 is 0 Å². The van der Waals surface area contributed by atoms with Crippen LogP contribution in [0.3, 0.4) is 0 Å². The van der Waals surface area contributed by atoms with Crippen LogP contribution in [0.2, 0.25) is 0 Å². The number of oxime groups is 1. The summed E-state index contributed by atoms with van der Waals surface area (Å²) in [5, 5.41) is 11.6. The predicted octanol–water partition coefficient (Wildman–Crippen LogP) is 2.11. The standard InChI is InChI=1S/C13H12N2O3S/c1-10(15-16)11-7-8-13(14-9-11)19(17,18)12-5-3-2-4-6-12/h2-9,16H,1H3. The second-order valence-corrected chi connectivity index (χ2v) is 5.78. The SMILES string of the molecule is CC(=NO)c1ccc(S(=O)(=O)c2ccccc2)nc1. The Morgan fingerprint density at radius 3 is 2.37 bits per heavy atom. The van der Waals surface area contributed by atoms with Gasteiger partial charge in [0.2, 0.25) is 9.84 Å². The van der Waals surface area contributed by atoms with E-state index in [0.29, 0.717) is 11.3 Å². The molecule has 0 saturated heterocycles. The van der Waals surface area contributed by atoms with E-state index in [1.165, 1.54) is 24.4 Å². The highest BCUT2D eigenvalue weighted by molar-refractivity contribution is 7.91. The fraction of sp³-hybridized carbons (Fsp3) is 0.0769. The van der Waals surface area contributed by atoms with Crippen molar-refractivity contribution >= 4 is 15.5 Å². The highest BCUT2D eigenvalue weighted by Gasteiger charge is 2.18. The van der Waals surface area contributed by atoms with Gasteiger partial charge < -0.3 is 5.21 Å². The molecule has 0 bridgehead atoms. The average molecular weight is 276 g/mol. The number of nitrogens with zero attached hydrogens (tertiary/aromatic N) is 2. The zero-order valence-corrected chi connectivity index (χ0v) is 11.0. The van der Waals surface area contributed by atoms with Crippen LogP contribution in [-0.2, 0) is 9.84 Å². The lowest BCUT2D eigenvalue weighted by Crippen LogP contribution is -2.05. The first kappa shape index (κ1) is 13.2. The molecule has 0 saturated carbocycles. The summed E-state index contributed by atoms with van der Waals surface area (Å²) in [6.07, 6.45) is 1.37. The number of benzene rings is 1. The topological polar surface area (TPSA) is 79.6 Å². The number of hydrogen-bond donors (Lipinski definition) is 1. The van der Waals surface area contributed by atoms with Crippen molar-refractivity contribution in [3.05, 3.63) is 54.2 Å². The number of pyridine rings is 1. The van der Waals surface area contributed by atoms with E-state index in [-0.39, 0.29) is 9.92 Å². The molecule has 2 aromatic rings. The molecular weight excluding hydrogens is 264 g/mol. The number of sulfone groups is 1. The van der Waals surface area contributed by atoms with Crippen LogP contribution >= 0.6 is 0 Å². The maximum atomic E-state index is 12.2. The minimum Gasteiger partial charge on any atom is -0.411 e. The van der Waals surface area contributed by atoms with E-state index in [9.17, 15) is 8.42 Å². The fourth-order valence-corrected chi connectivity index (χ4v) is 2.73. The van der Waals surface area contributed by atoms with Crippen molar-refractivity contribution in [3.63, 3.8) is 0 Å². The molecule has 0 unspecified atom stereocenters. The lowest BCUT2D eigenvalue weighted by molar-refractivity contribution is 0.319. The Morgan fingerprint density at radius 2 is 1.84 bits per heavy atom. The van der Waals surface area contributed by atoms with Gasteiger partial charge in [0, 0.05) is 11.8 Å². The van der Waals surface area contributed by atoms with Crippen molar-refractivity contribution in [1.29, 1.82) is 0 Å². The molecule has 98 valence electrons. The van der Waals surface area contributed by atoms with E-state index in [0.717, 1.165) is 0 Å². The van der Waals surface area contributed by atoms with Crippen molar-refractivity contribution in [1.82, 2.24) is 4.98 Å². The number of hydrogen-bond acceptors (Lipinski definition) is 5. The molecule has 1 heterocycles. The summed E-state index contributed by atoms with van der Waals surface area (Å²) in [6, 6.07) is 11.0.